The van der Waals surface area contributed by atoms with Crippen LogP contribution in [0.1, 0.15) is 48.6 Å². The molecule has 1 unspecified atom stereocenters. The Balaban J connectivity index is 1.69. The fraction of sp³-hybridized carbons (Fsp3) is 0.417. The number of nitrogens with two attached hydrogens (primary N) is 1. The molecule has 0 fully saturated rings. The zero-order valence-corrected chi connectivity index (χ0v) is 18.3. The van der Waals surface area contributed by atoms with E-state index in [1.807, 2.05) is 24.4 Å². The van der Waals surface area contributed by atoms with E-state index in [2.05, 4.69) is 33.5 Å². The number of nitrogens with zero attached hydrogens (tertiary/aromatic N) is 3. The molecule has 170 valence electrons. The average Bonchev–Trinajstić information content (AvgIpc) is 3.49. The molecular formula is C24H30N4O4. The zero-order valence-electron chi connectivity index (χ0n) is 18.3. The third kappa shape index (κ3) is 6.20. The van der Waals surface area contributed by atoms with Crippen LogP contribution in [-0.2, 0) is 6.42 Å². The lowest BCUT2D eigenvalue weighted by molar-refractivity contribution is 0.106. The van der Waals surface area contributed by atoms with Crippen LogP contribution >= 0.6 is 0 Å². The Kier molecular flexibility index (Phi) is 8.87. The van der Waals surface area contributed by atoms with E-state index in [-0.39, 0.29) is 31.8 Å². The van der Waals surface area contributed by atoms with E-state index in [1.54, 1.807) is 18.3 Å². The summed E-state index contributed by atoms with van der Waals surface area (Å²) in [5.74, 6) is 7.93. The van der Waals surface area contributed by atoms with Gasteiger partial charge < -0.3 is 29.8 Å². The summed E-state index contributed by atoms with van der Waals surface area (Å²) in [4.78, 5) is 4.42. The van der Waals surface area contributed by atoms with Crippen LogP contribution in [0.5, 0.6) is 5.75 Å². The van der Waals surface area contributed by atoms with Gasteiger partial charge in [-0.2, -0.15) is 0 Å². The number of hydrogen-bond acceptors (Lipinski definition) is 7. The lowest BCUT2D eigenvalue weighted by atomic mass is 10.1. The summed E-state index contributed by atoms with van der Waals surface area (Å²) in [5.41, 5.74) is 7.34. The highest BCUT2D eigenvalue weighted by Gasteiger charge is 2.20. The van der Waals surface area contributed by atoms with Gasteiger partial charge in [-0.25, -0.2) is 4.98 Å². The zero-order chi connectivity index (χ0) is 22.8. The molecule has 0 radical (unpaired) electrons. The van der Waals surface area contributed by atoms with Gasteiger partial charge in [0, 0.05) is 36.4 Å². The molecule has 32 heavy (non-hydrogen) atoms. The van der Waals surface area contributed by atoms with Gasteiger partial charge in [-0.3, -0.25) is 0 Å². The monoisotopic (exact) mass is 438 g/mol. The molecule has 3 rings (SSSR count). The minimum absolute atomic E-state index is 0.00778. The molecule has 0 saturated carbocycles. The summed E-state index contributed by atoms with van der Waals surface area (Å²) < 4.78 is 13.2. The van der Waals surface area contributed by atoms with Crippen LogP contribution in [0.4, 0.5) is 0 Å². The van der Waals surface area contributed by atoms with Crippen molar-refractivity contribution < 1.29 is 19.5 Å². The van der Waals surface area contributed by atoms with Crippen LogP contribution in [-0.4, -0.2) is 51.3 Å². The maximum atomic E-state index is 9.10. The van der Waals surface area contributed by atoms with Gasteiger partial charge >= 0.3 is 0 Å². The molecule has 1 aromatic carbocycles. The van der Waals surface area contributed by atoms with Crippen molar-refractivity contribution in [3.8, 4) is 17.6 Å². The van der Waals surface area contributed by atoms with Crippen molar-refractivity contribution in [1.82, 2.24) is 14.7 Å². The van der Waals surface area contributed by atoms with Crippen LogP contribution in [0.2, 0.25) is 0 Å². The molecule has 0 aliphatic carbocycles. The molecule has 3 aromatic rings. The summed E-state index contributed by atoms with van der Waals surface area (Å²) in [6.07, 6.45) is 6.31. The van der Waals surface area contributed by atoms with E-state index < -0.39 is 0 Å². The quantitative estimate of drug-likeness (QED) is 0.392. The number of ether oxygens (including phenoxy) is 1. The van der Waals surface area contributed by atoms with Crippen molar-refractivity contribution >= 4 is 0 Å². The van der Waals surface area contributed by atoms with Gasteiger partial charge in [-0.1, -0.05) is 18.0 Å². The Morgan fingerprint density at radius 2 is 1.97 bits per heavy atom. The van der Waals surface area contributed by atoms with E-state index in [4.69, 9.17) is 25.2 Å². The first-order valence-electron chi connectivity index (χ1n) is 10.8. The molecule has 0 bridgehead atoms. The highest BCUT2D eigenvalue weighted by atomic mass is 16.5. The predicted octanol–water partition coefficient (Wildman–Crippen LogP) is 2.14. The Morgan fingerprint density at radius 3 is 2.66 bits per heavy atom. The maximum Gasteiger partial charge on any atom is 0.210 e. The molecule has 4 N–H and O–H groups in total. The van der Waals surface area contributed by atoms with Crippen molar-refractivity contribution in [3.05, 3.63) is 65.6 Å². The van der Waals surface area contributed by atoms with Gasteiger partial charge in [-0.15, -0.1) is 0 Å². The van der Waals surface area contributed by atoms with Gasteiger partial charge in [0.1, 0.15) is 17.3 Å². The summed E-state index contributed by atoms with van der Waals surface area (Å²) >= 11 is 0. The van der Waals surface area contributed by atoms with Gasteiger partial charge in [-0.05, 0) is 49.6 Å². The molecular weight excluding hydrogens is 408 g/mol. The molecule has 8 heteroatoms. The number of aromatic nitrogens is 3. The van der Waals surface area contributed by atoms with Crippen molar-refractivity contribution in [2.75, 3.05) is 26.4 Å². The molecule has 1 atom stereocenters. The number of aryl methyl sites for hydroxylation is 1. The summed E-state index contributed by atoms with van der Waals surface area (Å²) in [5, 5.41) is 22.5. The Hall–Kier alpha value is -3.12. The van der Waals surface area contributed by atoms with Crippen molar-refractivity contribution in [2.45, 2.75) is 32.2 Å². The Bertz CT molecular complexity index is 1010. The maximum absolute atomic E-state index is 9.10. The highest BCUT2D eigenvalue weighted by Crippen LogP contribution is 2.25. The fourth-order valence-corrected chi connectivity index (χ4v) is 3.29. The SMILES string of the molecule is CCc1nccn1C(CCCN)c1cc(C#Cc2ccc(OCC(CO)CO)cc2)on1. The first-order valence-corrected chi connectivity index (χ1v) is 10.8. The lowest BCUT2D eigenvalue weighted by Crippen LogP contribution is -2.19. The number of rotatable bonds is 11. The standard InChI is InChI=1S/C24H30N4O4/c1-2-24-26-12-13-28(24)23(4-3-11-25)22-14-21(32-27-22)10-7-18-5-8-20(9-6-18)31-17-19(15-29)16-30/h5-6,8-9,12-14,19,23,29-30H,2-4,11,15-17,25H2,1H3. The van der Waals surface area contributed by atoms with E-state index in [0.717, 1.165) is 36.3 Å². The topological polar surface area (TPSA) is 120 Å². The fourth-order valence-electron chi connectivity index (χ4n) is 3.29. The van der Waals surface area contributed by atoms with Crippen molar-refractivity contribution in [2.24, 2.45) is 11.7 Å². The minimum Gasteiger partial charge on any atom is -0.493 e. The van der Waals surface area contributed by atoms with Crippen LogP contribution in [0, 0.1) is 17.8 Å². The molecule has 0 aliphatic heterocycles. The molecule has 2 heterocycles. The number of benzene rings is 1. The van der Waals surface area contributed by atoms with Gasteiger partial charge in [0.05, 0.1) is 25.9 Å². The van der Waals surface area contributed by atoms with Gasteiger partial charge in [0.25, 0.3) is 0 Å². The molecule has 0 aliphatic rings. The molecule has 0 amide bonds. The number of imidazole rings is 1. The third-order valence-corrected chi connectivity index (χ3v) is 5.14. The van der Waals surface area contributed by atoms with E-state index in [1.165, 1.54) is 0 Å². The van der Waals surface area contributed by atoms with E-state index >= 15 is 0 Å². The molecule has 2 aromatic heterocycles. The second-order valence-electron chi connectivity index (χ2n) is 7.48. The van der Waals surface area contributed by atoms with Crippen molar-refractivity contribution in [1.29, 1.82) is 0 Å². The summed E-state index contributed by atoms with van der Waals surface area (Å²) in [7, 11) is 0. The first-order chi connectivity index (χ1) is 15.7. The number of aliphatic hydroxyl groups excluding tert-OH is 2. The summed E-state index contributed by atoms with van der Waals surface area (Å²) in [6.45, 7) is 2.70. The van der Waals surface area contributed by atoms with Crippen LogP contribution in [0.25, 0.3) is 0 Å². The normalized spacial score (nSPS) is 11.9. The summed E-state index contributed by atoms with van der Waals surface area (Å²) in [6, 6.07) is 9.17. The number of hydrogen-bond donors (Lipinski definition) is 3. The molecule has 0 saturated heterocycles. The second-order valence-corrected chi connectivity index (χ2v) is 7.48. The van der Waals surface area contributed by atoms with E-state index in [9.17, 15) is 0 Å². The van der Waals surface area contributed by atoms with Gasteiger partial charge in [0.2, 0.25) is 5.76 Å². The Labute approximate surface area is 188 Å². The average molecular weight is 439 g/mol. The van der Waals surface area contributed by atoms with Crippen molar-refractivity contribution in [3.63, 3.8) is 0 Å². The van der Waals surface area contributed by atoms with Crippen LogP contribution < -0.4 is 10.5 Å². The molecule has 0 spiro atoms. The predicted molar refractivity (Wildman–Crippen MR) is 120 cm³/mol. The number of aliphatic hydroxyl groups is 2. The van der Waals surface area contributed by atoms with E-state index in [0.29, 0.717) is 18.1 Å². The largest absolute Gasteiger partial charge is 0.493 e. The minimum atomic E-state index is -0.292. The highest BCUT2D eigenvalue weighted by molar-refractivity contribution is 5.42. The third-order valence-electron chi connectivity index (χ3n) is 5.14. The van der Waals surface area contributed by atoms with Crippen LogP contribution in [0.3, 0.4) is 0 Å². The first kappa shape index (κ1) is 23.5. The lowest BCUT2D eigenvalue weighted by Gasteiger charge is -2.17. The Morgan fingerprint density at radius 1 is 1.19 bits per heavy atom. The molecule has 8 nitrogen and oxygen atoms in total. The smallest absolute Gasteiger partial charge is 0.210 e. The van der Waals surface area contributed by atoms with Gasteiger partial charge in [0.15, 0.2) is 0 Å². The van der Waals surface area contributed by atoms with Crippen LogP contribution in [0.15, 0.2) is 47.2 Å². The second kappa shape index (κ2) is 12.1.